The quantitative estimate of drug-likeness (QED) is 0.116. The average Bonchev–Trinajstić information content (AvgIpc) is 3.37. The Morgan fingerprint density at radius 2 is 1.73 bits per heavy atom. The van der Waals surface area contributed by atoms with Gasteiger partial charge in [0.1, 0.15) is 11.5 Å². The Labute approximate surface area is 233 Å². The molecule has 2 aromatic carbocycles. The minimum Gasteiger partial charge on any atom is -0.464 e. The van der Waals surface area contributed by atoms with Gasteiger partial charge in [0.15, 0.2) is 11.9 Å². The number of esters is 1. The van der Waals surface area contributed by atoms with E-state index in [2.05, 4.69) is 20.2 Å². The van der Waals surface area contributed by atoms with Gasteiger partial charge in [0, 0.05) is 18.0 Å². The summed E-state index contributed by atoms with van der Waals surface area (Å²) in [6.07, 6.45) is 0.0357. The van der Waals surface area contributed by atoms with E-state index in [1.54, 1.807) is 49.6 Å². The second-order valence-corrected chi connectivity index (χ2v) is 9.50. The number of benzene rings is 2. The molecular formula is C30H25F4N5O2. The van der Waals surface area contributed by atoms with Gasteiger partial charge in [-0.15, -0.1) is 0 Å². The molecule has 0 radical (unpaired) electrons. The molecule has 7 nitrogen and oxygen atoms in total. The standard InChI is InChI=1S/C30H25F4N5O2/c1-3-4-15-41-29(40)27(25-12-11-23(37-38-25)19-10-9-18(2)16-21(19)30(32,33)34)39-14-13-24-26(17-39)36-28(35-24)20-7-5-6-8-22(20)31/h5-14,16-17,27H,3-4,15H2,1-2H3. The lowest BCUT2D eigenvalue weighted by atomic mass is 10.0. The van der Waals surface area contributed by atoms with Gasteiger partial charge < -0.3 is 9.30 Å². The number of unbranched alkanes of at least 4 members (excludes halogenated alkanes) is 1. The number of nitrogens with zero attached hydrogens (tertiary/aromatic N) is 5. The number of aryl methyl sites for hydroxylation is 1. The molecule has 210 valence electrons. The smallest absolute Gasteiger partial charge is 0.417 e. The van der Waals surface area contributed by atoms with Crippen molar-refractivity contribution < 1.29 is 27.1 Å². The summed E-state index contributed by atoms with van der Waals surface area (Å²) in [4.78, 5) is 22.1. The first-order valence-corrected chi connectivity index (χ1v) is 12.9. The Morgan fingerprint density at radius 3 is 2.44 bits per heavy atom. The van der Waals surface area contributed by atoms with Gasteiger partial charge >= 0.3 is 12.1 Å². The van der Waals surface area contributed by atoms with Gasteiger partial charge in [0.25, 0.3) is 0 Å². The first-order valence-electron chi connectivity index (χ1n) is 12.9. The van der Waals surface area contributed by atoms with E-state index >= 15 is 0 Å². The third-order valence-electron chi connectivity index (χ3n) is 6.49. The van der Waals surface area contributed by atoms with Crippen LogP contribution in [0, 0.1) is 12.7 Å². The number of halogens is 4. The van der Waals surface area contributed by atoms with E-state index in [0.29, 0.717) is 23.4 Å². The van der Waals surface area contributed by atoms with E-state index in [9.17, 15) is 22.4 Å². The zero-order chi connectivity index (χ0) is 29.1. The number of fused-ring (bicyclic) bond motifs is 1. The van der Waals surface area contributed by atoms with E-state index in [4.69, 9.17) is 4.74 Å². The third kappa shape index (κ3) is 5.93. The van der Waals surface area contributed by atoms with Crippen LogP contribution < -0.4 is 0 Å². The Bertz CT molecular complexity index is 1650. The molecule has 1 aromatic heterocycles. The van der Waals surface area contributed by atoms with Crippen molar-refractivity contribution in [3.63, 3.8) is 0 Å². The first-order chi connectivity index (χ1) is 19.7. The van der Waals surface area contributed by atoms with Crippen LogP contribution in [0.5, 0.6) is 0 Å². The summed E-state index contributed by atoms with van der Waals surface area (Å²) in [5, 5.41) is 8.20. The fraction of sp³-hybridized carbons (Fsp3) is 0.233. The summed E-state index contributed by atoms with van der Waals surface area (Å²) in [6, 6.07) is 13.5. The molecule has 3 aromatic rings. The summed E-state index contributed by atoms with van der Waals surface area (Å²) in [5.74, 6) is -0.892. The molecule has 2 aliphatic heterocycles. The topological polar surface area (TPSA) is 82.8 Å². The number of imidazole rings is 1. The molecule has 0 fully saturated rings. The Morgan fingerprint density at radius 1 is 0.951 bits per heavy atom. The normalized spacial score (nSPS) is 12.4. The molecule has 0 bridgehead atoms. The zero-order valence-corrected chi connectivity index (χ0v) is 22.2. The van der Waals surface area contributed by atoms with Gasteiger partial charge in [-0.05, 0) is 49.7 Å². The number of alkyl halides is 3. The van der Waals surface area contributed by atoms with Crippen molar-refractivity contribution in [1.29, 1.82) is 0 Å². The zero-order valence-electron chi connectivity index (χ0n) is 22.2. The van der Waals surface area contributed by atoms with Crippen LogP contribution in [0.15, 0.2) is 73.1 Å². The van der Waals surface area contributed by atoms with Gasteiger partial charge in [-0.25, -0.2) is 19.2 Å². The first kappa shape index (κ1) is 27.9. The molecule has 0 N–H and O–H groups in total. The number of aromatic nitrogens is 5. The molecule has 0 saturated carbocycles. The van der Waals surface area contributed by atoms with Gasteiger partial charge in [-0.1, -0.05) is 43.2 Å². The van der Waals surface area contributed by atoms with Crippen LogP contribution in [0.2, 0.25) is 0 Å². The monoisotopic (exact) mass is 563 g/mol. The van der Waals surface area contributed by atoms with Crippen LogP contribution in [0.25, 0.3) is 34.0 Å². The van der Waals surface area contributed by atoms with Crippen LogP contribution in [0.3, 0.4) is 0 Å². The highest BCUT2D eigenvalue weighted by Gasteiger charge is 2.34. The summed E-state index contributed by atoms with van der Waals surface area (Å²) < 4.78 is 62.5. The molecule has 41 heavy (non-hydrogen) atoms. The van der Waals surface area contributed by atoms with Crippen LogP contribution in [0.4, 0.5) is 17.6 Å². The number of carbonyl (C=O) groups is 1. The molecule has 0 amide bonds. The maximum absolute atomic E-state index is 14.3. The molecule has 1 atom stereocenters. The fourth-order valence-corrected chi connectivity index (χ4v) is 4.39. The van der Waals surface area contributed by atoms with Crippen molar-refractivity contribution in [1.82, 2.24) is 24.7 Å². The Hall–Kier alpha value is -4.67. The number of hydrogen-bond donors (Lipinski definition) is 0. The molecule has 5 rings (SSSR count). The second kappa shape index (κ2) is 11.4. The molecule has 0 spiro atoms. The van der Waals surface area contributed by atoms with Crippen LogP contribution in [0.1, 0.15) is 42.6 Å². The maximum atomic E-state index is 14.3. The van der Waals surface area contributed by atoms with Crippen molar-refractivity contribution >= 4 is 5.97 Å². The van der Waals surface area contributed by atoms with Gasteiger partial charge in [-0.3, -0.25) is 0 Å². The largest absolute Gasteiger partial charge is 0.464 e. The Balaban J connectivity index is 1.53. The van der Waals surface area contributed by atoms with Crippen LogP contribution >= 0.6 is 0 Å². The average molecular weight is 564 g/mol. The molecule has 0 aliphatic carbocycles. The number of ether oxygens (including phenoxy) is 1. The lowest BCUT2D eigenvalue weighted by Crippen LogP contribution is -2.25. The highest BCUT2D eigenvalue weighted by molar-refractivity contribution is 5.78. The summed E-state index contributed by atoms with van der Waals surface area (Å²) in [7, 11) is 0. The van der Waals surface area contributed by atoms with E-state index in [0.717, 1.165) is 12.5 Å². The van der Waals surface area contributed by atoms with E-state index in [1.807, 2.05) is 6.92 Å². The number of rotatable bonds is 8. The second-order valence-electron chi connectivity index (χ2n) is 9.50. The summed E-state index contributed by atoms with van der Waals surface area (Å²) in [6.45, 7) is 3.72. The number of hydrogen-bond acceptors (Lipinski definition) is 6. The molecule has 0 saturated heterocycles. The van der Waals surface area contributed by atoms with Gasteiger partial charge in [0.2, 0.25) is 0 Å². The summed E-state index contributed by atoms with van der Waals surface area (Å²) >= 11 is 0. The third-order valence-corrected chi connectivity index (χ3v) is 6.49. The minimum absolute atomic E-state index is 0.0102. The number of carbonyl (C=O) groups excluding carboxylic acids is 1. The molecule has 2 aliphatic rings. The van der Waals surface area contributed by atoms with E-state index < -0.39 is 29.6 Å². The predicted octanol–water partition coefficient (Wildman–Crippen LogP) is 6.91. The SMILES string of the molecule is CCCCOC(=O)C(c1ccc(-c2ccc(C)cc2C(F)(F)F)nn1)n1ccc2nc(-c3ccccc3F)nc-2c1. The predicted molar refractivity (Wildman–Crippen MR) is 143 cm³/mol. The van der Waals surface area contributed by atoms with E-state index in [-0.39, 0.29) is 34.9 Å². The molecular weight excluding hydrogens is 538 g/mol. The van der Waals surface area contributed by atoms with E-state index in [1.165, 1.54) is 28.8 Å². The van der Waals surface area contributed by atoms with Crippen molar-refractivity contribution in [2.75, 3.05) is 6.61 Å². The maximum Gasteiger partial charge on any atom is 0.417 e. The lowest BCUT2D eigenvalue weighted by Gasteiger charge is -2.20. The highest BCUT2D eigenvalue weighted by Crippen LogP contribution is 2.37. The fourth-order valence-electron chi connectivity index (χ4n) is 4.39. The minimum atomic E-state index is -4.58. The van der Waals surface area contributed by atoms with Crippen molar-refractivity contribution in [2.24, 2.45) is 0 Å². The lowest BCUT2D eigenvalue weighted by molar-refractivity contribution is -0.146. The Kier molecular flexibility index (Phi) is 7.78. The van der Waals surface area contributed by atoms with Crippen molar-refractivity contribution in [3.8, 4) is 34.0 Å². The molecule has 3 heterocycles. The molecule has 1 unspecified atom stereocenters. The highest BCUT2D eigenvalue weighted by atomic mass is 19.4. The van der Waals surface area contributed by atoms with Crippen LogP contribution in [-0.4, -0.2) is 37.3 Å². The summed E-state index contributed by atoms with van der Waals surface area (Å²) in [5.41, 5.74) is 0.809. The van der Waals surface area contributed by atoms with Crippen molar-refractivity contribution in [2.45, 2.75) is 38.9 Å². The molecule has 11 heteroatoms. The van der Waals surface area contributed by atoms with Gasteiger partial charge in [-0.2, -0.15) is 23.4 Å². The van der Waals surface area contributed by atoms with Crippen molar-refractivity contribution in [3.05, 3.63) is 95.7 Å². The van der Waals surface area contributed by atoms with Gasteiger partial charge in [0.05, 0.1) is 34.8 Å². The van der Waals surface area contributed by atoms with Crippen LogP contribution in [-0.2, 0) is 15.7 Å². The number of pyridine rings is 1.